The number of esters is 1. The summed E-state index contributed by atoms with van der Waals surface area (Å²) in [6, 6.07) is 0. The minimum absolute atomic E-state index is 0.0389. The molecule has 0 spiro atoms. The molecule has 0 aromatic heterocycles. The molecule has 0 amide bonds. The summed E-state index contributed by atoms with van der Waals surface area (Å²) in [7, 11) is 0. The van der Waals surface area contributed by atoms with Crippen LogP contribution in [0.4, 0.5) is 0 Å². The lowest BCUT2D eigenvalue weighted by Crippen LogP contribution is -2.14. The van der Waals surface area contributed by atoms with E-state index in [-0.39, 0.29) is 11.9 Å². The molecule has 0 fully saturated rings. The highest BCUT2D eigenvalue weighted by Crippen LogP contribution is 2.12. The zero-order valence-corrected chi connectivity index (χ0v) is 9.84. The van der Waals surface area contributed by atoms with Crippen LogP contribution in [0.2, 0.25) is 0 Å². The summed E-state index contributed by atoms with van der Waals surface area (Å²) in [6.07, 6.45) is 7.26. The zero-order chi connectivity index (χ0) is 10.8. The molecular weight excluding hydrogens is 176 g/mol. The van der Waals surface area contributed by atoms with Crippen molar-refractivity contribution < 1.29 is 9.53 Å². The third-order valence-electron chi connectivity index (χ3n) is 2.43. The Balaban J connectivity index is 3.34. The van der Waals surface area contributed by atoms with E-state index in [4.69, 9.17) is 4.74 Å². The minimum atomic E-state index is -0.0389. The van der Waals surface area contributed by atoms with Crippen molar-refractivity contribution >= 4 is 5.97 Å². The zero-order valence-electron chi connectivity index (χ0n) is 9.84. The molecule has 0 N–H and O–H groups in total. The Morgan fingerprint density at radius 1 is 1.14 bits per heavy atom. The van der Waals surface area contributed by atoms with Gasteiger partial charge in [0.1, 0.15) is 0 Å². The molecule has 0 aliphatic heterocycles. The van der Waals surface area contributed by atoms with Gasteiger partial charge in [-0.3, -0.25) is 4.79 Å². The second-order valence-corrected chi connectivity index (χ2v) is 3.86. The normalized spacial score (nSPS) is 12.5. The average Bonchev–Trinajstić information content (AvgIpc) is 2.17. The molecule has 2 heteroatoms. The monoisotopic (exact) mass is 200 g/mol. The largest absolute Gasteiger partial charge is 0.466 e. The van der Waals surface area contributed by atoms with Crippen molar-refractivity contribution in [2.24, 2.45) is 5.92 Å². The molecule has 0 saturated heterocycles. The molecule has 0 bridgehead atoms. The van der Waals surface area contributed by atoms with E-state index in [1.807, 2.05) is 13.8 Å². The Labute approximate surface area is 88.0 Å². The molecule has 0 aromatic carbocycles. The smallest absolute Gasteiger partial charge is 0.308 e. The minimum Gasteiger partial charge on any atom is -0.466 e. The van der Waals surface area contributed by atoms with Crippen LogP contribution in [-0.2, 0) is 9.53 Å². The van der Waals surface area contributed by atoms with E-state index in [9.17, 15) is 4.79 Å². The van der Waals surface area contributed by atoms with Crippen LogP contribution in [0.1, 0.15) is 59.3 Å². The molecule has 0 aliphatic carbocycles. The van der Waals surface area contributed by atoms with Gasteiger partial charge >= 0.3 is 5.97 Å². The fraction of sp³-hybridized carbons (Fsp3) is 0.917. The lowest BCUT2D eigenvalue weighted by Gasteiger charge is -2.09. The summed E-state index contributed by atoms with van der Waals surface area (Å²) in [6.45, 7) is 6.52. The number of unbranched alkanes of at least 4 members (excludes halogenated alkanes) is 4. The summed E-state index contributed by atoms with van der Waals surface area (Å²) >= 11 is 0. The van der Waals surface area contributed by atoms with Gasteiger partial charge in [-0.1, -0.05) is 46.0 Å². The van der Waals surface area contributed by atoms with Crippen LogP contribution < -0.4 is 0 Å². The van der Waals surface area contributed by atoms with Crippen molar-refractivity contribution in [1.29, 1.82) is 0 Å². The Morgan fingerprint density at radius 3 is 2.36 bits per heavy atom. The third kappa shape index (κ3) is 6.93. The highest BCUT2D eigenvalue weighted by Gasteiger charge is 2.12. The Hall–Kier alpha value is -0.530. The molecule has 0 unspecified atom stereocenters. The predicted octanol–water partition coefficient (Wildman–Crippen LogP) is 3.55. The van der Waals surface area contributed by atoms with E-state index < -0.39 is 0 Å². The van der Waals surface area contributed by atoms with Crippen molar-refractivity contribution in [2.45, 2.75) is 59.3 Å². The topological polar surface area (TPSA) is 26.3 Å². The molecule has 14 heavy (non-hydrogen) atoms. The first-order valence-corrected chi connectivity index (χ1v) is 5.89. The lowest BCUT2D eigenvalue weighted by molar-refractivity contribution is -0.147. The van der Waals surface area contributed by atoms with Crippen molar-refractivity contribution in [3.8, 4) is 0 Å². The van der Waals surface area contributed by atoms with Gasteiger partial charge in [0.05, 0.1) is 12.5 Å². The average molecular weight is 200 g/mol. The third-order valence-corrected chi connectivity index (χ3v) is 2.43. The highest BCUT2D eigenvalue weighted by atomic mass is 16.5. The standard InChI is InChI=1S/C12H24O2/c1-4-6-7-8-9-10-11(3)12(13)14-5-2/h11H,4-10H2,1-3H3/t11-/m0/s1. The van der Waals surface area contributed by atoms with Crippen molar-refractivity contribution in [2.75, 3.05) is 6.61 Å². The number of carbonyl (C=O) groups is 1. The number of hydrogen-bond acceptors (Lipinski definition) is 2. The number of hydrogen-bond donors (Lipinski definition) is 0. The molecule has 0 aromatic rings. The SMILES string of the molecule is CCCCCCC[C@H](C)C(=O)OCC. The first kappa shape index (κ1) is 13.5. The number of carbonyl (C=O) groups excluding carboxylic acids is 1. The second kappa shape index (κ2) is 9.04. The van der Waals surface area contributed by atoms with E-state index in [1.54, 1.807) is 0 Å². The predicted molar refractivity (Wildman–Crippen MR) is 59.2 cm³/mol. The molecule has 0 aliphatic rings. The molecule has 1 atom stereocenters. The van der Waals surface area contributed by atoms with Crippen molar-refractivity contribution in [3.63, 3.8) is 0 Å². The van der Waals surface area contributed by atoms with E-state index >= 15 is 0 Å². The Morgan fingerprint density at radius 2 is 1.79 bits per heavy atom. The maximum Gasteiger partial charge on any atom is 0.308 e. The molecular formula is C12H24O2. The molecule has 0 radical (unpaired) electrons. The maximum atomic E-state index is 11.2. The van der Waals surface area contributed by atoms with Gasteiger partial charge in [-0.15, -0.1) is 0 Å². The summed E-state index contributed by atoms with van der Waals surface area (Å²) < 4.78 is 4.94. The van der Waals surface area contributed by atoms with Gasteiger partial charge in [-0.2, -0.15) is 0 Å². The van der Waals surface area contributed by atoms with Gasteiger partial charge in [0.2, 0.25) is 0 Å². The molecule has 84 valence electrons. The number of ether oxygens (including phenoxy) is 1. The van der Waals surface area contributed by atoms with Gasteiger partial charge in [-0.05, 0) is 13.3 Å². The van der Waals surface area contributed by atoms with Gasteiger partial charge in [0.15, 0.2) is 0 Å². The van der Waals surface area contributed by atoms with Crippen LogP contribution in [0.15, 0.2) is 0 Å². The van der Waals surface area contributed by atoms with E-state index in [1.165, 1.54) is 25.7 Å². The Kier molecular flexibility index (Phi) is 8.70. The van der Waals surface area contributed by atoms with E-state index in [0.29, 0.717) is 6.61 Å². The van der Waals surface area contributed by atoms with Crippen molar-refractivity contribution in [1.82, 2.24) is 0 Å². The van der Waals surface area contributed by atoms with Crippen LogP contribution in [0.25, 0.3) is 0 Å². The van der Waals surface area contributed by atoms with Crippen LogP contribution in [0, 0.1) is 5.92 Å². The number of rotatable bonds is 8. The quantitative estimate of drug-likeness (QED) is 0.442. The maximum absolute atomic E-state index is 11.2. The lowest BCUT2D eigenvalue weighted by atomic mass is 10.0. The molecule has 0 rings (SSSR count). The second-order valence-electron chi connectivity index (χ2n) is 3.86. The van der Waals surface area contributed by atoms with Gasteiger partial charge < -0.3 is 4.74 Å². The van der Waals surface area contributed by atoms with E-state index in [0.717, 1.165) is 12.8 Å². The fourth-order valence-corrected chi connectivity index (χ4v) is 1.46. The first-order chi connectivity index (χ1) is 6.72. The van der Waals surface area contributed by atoms with Crippen LogP contribution in [-0.4, -0.2) is 12.6 Å². The fourth-order valence-electron chi connectivity index (χ4n) is 1.46. The van der Waals surface area contributed by atoms with Gasteiger partial charge in [0, 0.05) is 0 Å². The van der Waals surface area contributed by atoms with Crippen LogP contribution in [0.3, 0.4) is 0 Å². The van der Waals surface area contributed by atoms with Crippen LogP contribution >= 0.6 is 0 Å². The van der Waals surface area contributed by atoms with Crippen molar-refractivity contribution in [3.05, 3.63) is 0 Å². The first-order valence-electron chi connectivity index (χ1n) is 5.89. The summed E-state index contributed by atoms with van der Waals surface area (Å²) in [5.74, 6) is 0.0413. The molecule has 2 nitrogen and oxygen atoms in total. The Bertz CT molecular complexity index is 143. The van der Waals surface area contributed by atoms with Gasteiger partial charge in [-0.25, -0.2) is 0 Å². The highest BCUT2D eigenvalue weighted by molar-refractivity contribution is 5.71. The summed E-state index contributed by atoms with van der Waals surface area (Å²) in [4.78, 5) is 11.2. The van der Waals surface area contributed by atoms with Gasteiger partial charge in [0.25, 0.3) is 0 Å². The molecule has 0 heterocycles. The summed E-state index contributed by atoms with van der Waals surface area (Å²) in [5, 5.41) is 0. The summed E-state index contributed by atoms with van der Waals surface area (Å²) in [5.41, 5.74) is 0. The van der Waals surface area contributed by atoms with E-state index in [2.05, 4.69) is 6.92 Å². The molecule has 0 saturated carbocycles. The van der Waals surface area contributed by atoms with Crippen LogP contribution in [0.5, 0.6) is 0 Å².